The van der Waals surface area contributed by atoms with Crippen LogP contribution in [0.1, 0.15) is 38.8 Å². The summed E-state index contributed by atoms with van der Waals surface area (Å²) in [6.45, 7) is 9.80. The number of hydrogen-bond acceptors (Lipinski definition) is 5. The van der Waals surface area contributed by atoms with E-state index in [-0.39, 0.29) is 29.4 Å². The van der Waals surface area contributed by atoms with Crippen molar-refractivity contribution in [2.45, 2.75) is 39.2 Å². The Kier molecular flexibility index (Phi) is 8.81. The molecule has 0 aliphatic carbocycles. The van der Waals surface area contributed by atoms with E-state index >= 15 is 0 Å². The molecular weight excluding hydrogens is 493 g/mol. The summed E-state index contributed by atoms with van der Waals surface area (Å²) < 4.78 is 11.2. The lowest BCUT2D eigenvalue weighted by Crippen LogP contribution is -2.40. The first-order valence-corrected chi connectivity index (χ1v) is 10.2. The monoisotopic (exact) mass is 527 g/mol. The molecule has 0 bridgehead atoms. The summed E-state index contributed by atoms with van der Waals surface area (Å²) in [5.41, 5.74) is 1.18. The van der Waals surface area contributed by atoms with Crippen LogP contribution in [0.15, 0.2) is 39.9 Å². The third kappa shape index (κ3) is 6.52. The molecule has 1 atom stereocenters. The number of ether oxygens (including phenoxy) is 1. The van der Waals surface area contributed by atoms with E-state index in [0.29, 0.717) is 18.4 Å². The van der Waals surface area contributed by atoms with Gasteiger partial charge in [-0.3, -0.25) is 4.99 Å². The number of aromatic nitrogens is 1. The maximum atomic E-state index is 5.83. The zero-order valence-corrected chi connectivity index (χ0v) is 20.9. The maximum absolute atomic E-state index is 5.83. The van der Waals surface area contributed by atoms with Crippen LogP contribution in [-0.2, 0) is 12.0 Å². The van der Waals surface area contributed by atoms with Crippen LogP contribution in [-0.4, -0.2) is 44.7 Å². The Bertz CT molecular complexity index is 831. The van der Waals surface area contributed by atoms with Gasteiger partial charge in [0.2, 0.25) is 5.89 Å². The van der Waals surface area contributed by atoms with Crippen LogP contribution >= 0.6 is 24.0 Å². The number of methoxy groups -OCH3 is 1. The Labute approximate surface area is 196 Å². The number of aliphatic imine (C=N–C) groups is 1. The van der Waals surface area contributed by atoms with Crippen LogP contribution in [0.3, 0.4) is 0 Å². The van der Waals surface area contributed by atoms with Crippen molar-refractivity contribution in [2.24, 2.45) is 10.9 Å². The van der Waals surface area contributed by atoms with Crippen LogP contribution in [0, 0.1) is 5.92 Å². The average Bonchev–Trinajstić information content (AvgIpc) is 3.38. The van der Waals surface area contributed by atoms with Crippen LogP contribution in [0.25, 0.3) is 0 Å². The molecule has 1 saturated heterocycles. The van der Waals surface area contributed by atoms with Gasteiger partial charge in [0.05, 0.1) is 19.9 Å². The van der Waals surface area contributed by atoms with Crippen molar-refractivity contribution in [3.05, 3.63) is 42.1 Å². The molecule has 7 nitrogen and oxygen atoms in total. The van der Waals surface area contributed by atoms with Crippen LogP contribution in [0.4, 0.5) is 5.69 Å². The number of halogens is 1. The number of nitrogens with zero attached hydrogens (tertiary/aromatic N) is 3. The first-order chi connectivity index (χ1) is 13.9. The van der Waals surface area contributed by atoms with E-state index in [9.17, 15) is 0 Å². The highest BCUT2D eigenvalue weighted by Crippen LogP contribution is 2.26. The molecule has 30 heavy (non-hydrogen) atoms. The largest absolute Gasteiger partial charge is 0.497 e. The molecule has 0 spiro atoms. The van der Waals surface area contributed by atoms with Crippen LogP contribution in [0.5, 0.6) is 5.75 Å². The van der Waals surface area contributed by atoms with E-state index in [4.69, 9.17) is 9.15 Å². The van der Waals surface area contributed by atoms with Gasteiger partial charge in [-0.25, -0.2) is 4.98 Å². The van der Waals surface area contributed by atoms with E-state index in [0.717, 1.165) is 43.5 Å². The van der Waals surface area contributed by atoms with Crippen molar-refractivity contribution in [3.8, 4) is 5.75 Å². The number of rotatable bonds is 6. The molecule has 1 aromatic carbocycles. The lowest BCUT2D eigenvalue weighted by atomic mass is 9.94. The third-order valence-electron chi connectivity index (χ3n) is 5.19. The summed E-state index contributed by atoms with van der Waals surface area (Å²) in [4.78, 5) is 11.1. The van der Waals surface area contributed by atoms with Gasteiger partial charge in [-0.2, -0.15) is 0 Å². The zero-order chi connectivity index (χ0) is 20.9. The molecule has 1 aliphatic rings. The number of hydrogen-bond donors (Lipinski definition) is 2. The molecule has 1 aliphatic heterocycles. The van der Waals surface area contributed by atoms with Crippen molar-refractivity contribution in [2.75, 3.05) is 38.7 Å². The molecule has 8 heteroatoms. The normalized spacial score (nSPS) is 16.9. The smallest absolute Gasteiger partial charge is 0.213 e. The standard InChI is InChI=1S/C22H33N5O2.HI/c1-22(2,3)19-13-24-20(29-19)14-26-21(23-4)25-12-16-9-10-27(15-16)17-7-6-8-18(11-17)28-5;/h6-8,11,13,16H,9-10,12,14-15H2,1-5H3,(H2,23,25,26);1H. The van der Waals surface area contributed by atoms with Crippen molar-refractivity contribution >= 4 is 35.6 Å². The Hall–Kier alpha value is -1.97. The number of oxazole rings is 1. The quantitative estimate of drug-likeness (QED) is 0.339. The molecule has 2 aromatic rings. The van der Waals surface area contributed by atoms with Gasteiger partial charge in [-0.15, -0.1) is 24.0 Å². The SMILES string of the molecule is CN=C(NCc1ncc(C(C)(C)C)o1)NCC1CCN(c2cccc(OC)c2)C1.I. The molecule has 0 saturated carbocycles. The van der Waals surface area contributed by atoms with Gasteiger partial charge in [-0.1, -0.05) is 26.8 Å². The molecule has 3 rings (SSSR count). The summed E-state index contributed by atoms with van der Waals surface area (Å²) in [7, 11) is 3.49. The summed E-state index contributed by atoms with van der Waals surface area (Å²) >= 11 is 0. The highest BCUT2D eigenvalue weighted by molar-refractivity contribution is 14.0. The topological polar surface area (TPSA) is 74.9 Å². The Balaban J connectivity index is 0.00000320. The number of nitrogens with one attached hydrogen (secondary N) is 2. The Morgan fingerprint density at radius 1 is 1.33 bits per heavy atom. The van der Waals surface area contributed by atoms with Gasteiger partial charge in [-0.05, 0) is 24.5 Å². The molecule has 1 fully saturated rings. The zero-order valence-electron chi connectivity index (χ0n) is 18.6. The number of benzene rings is 1. The van der Waals surface area contributed by atoms with E-state index in [1.54, 1.807) is 20.4 Å². The van der Waals surface area contributed by atoms with Crippen LogP contribution in [0.2, 0.25) is 0 Å². The first-order valence-electron chi connectivity index (χ1n) is 10.2. The predicted octanol–water partition coefficient (Wildman–Crippen LogP) is 3.79. The molecule has 2 N–H and O–H groups in total. The van der Waals surface area contributed by atoms with E-state index in [1.165, 1.54) is 5.69 Å². The lowest BCUT2D eigenvalue weighted by Gasteiger charge is -2.20. The fraction of sp³-hybridized carbons (Fsp3) is 0.545. The molecule has 0 radical (unpaired) electrons. The molecule has 0 amide bonds. The van der Waals surface area contributed by atoms with Crippen molar-refractivity contribution in [1.82, 2.24) is 15.6 Å². The second-order valence-electron chi connectivity index (χ2n) is 8.48. The second-order valence-corrected chi connectivity index (χ2v) is 8.48. The summed E-state index contributed by atoms with van der Waals surface area (Å²) in [5, 5.41) is 6.72. The molecular formula is C22H34IN5O2. The van der Waals surface area contributed by atoms with Gasteiger partial charge < -0.3 is 24.7 Å². The van der Waals surface area contributed by atoms with Gasteiger partial charge in [0.1, 0.15) is 11.5 Å². The number of anilines is 1. The third-order valence-corrected chi connectivity index (χ3v) is 5.19. The van der Waals surface area contributed by atoms with Crippen molar-refractivity contribution < 1.29 is 9.15 Å². The van der Waals surface area contributed by atoms with E-state index < -0.39 is 0 Å². The number of guanidine groups is 1. The minimum Gasteiger partial charge on any atom is -0.497 e. The van der Waals surface area contributed by atoms with Gasteiger partial charge in [0, 0.05) is 43.9 Å². The van der Waals surface area contributed by atoms with Crippen LogP contribution < -0.4 is 20.3 Å². The fourth-order valence-electron chi connectivity index (χ4n) is 3.40. The summed E-state index contributed by atoms with van der Waals surface area (Å²) in [6.07, 6.45) is 2.95. The van der Waals surface area contributed by atoms with Gasteiger partial charge in [0.25, 0.3) is 0 Å². The van der Waals surface area contributed by atoms with Crippen molar-refractivity contribution in [1.29, 1.82) is 0 Å². The molecule has 1 aromatic heterocycles. The highest BCUT2D eigenvalue weighted by atomic mass is 127. The predicted molar refractivity (Wildman–Crippen MR) is 132 cm³/mol. The molecule has 1 unspecified atom stereocenters. The molecule has 2 heterocycles. The molecule has 166 valence electrons. The summed E-state index contributed by atoms with van der Waals surface area (Å²) in [5.74, 6) is 3.79. The maximum Gasteiger partial charge on any atom is 0.213 e. The lowest BCUT2D eigenvalue weighted by molar-refractivity contribution is 0.379. The Morgan fingerprint density at radius 2 is 2.13 bits per heavy atom. The van der Waals surface area contributed by atoms with Gasteiger partial charge >= 0.3 is 0 Å². The minimum absolute atomic E-state index is 0. The second kappa shape index (κ2) is 10.9. The van der Waals surface area contributed by atoms with E-state index in [1.807, 2.05) is 12.1 Å². The fourth-order valence-corrected chi connectivity index (χ4v) is 3.40. The first kappa shape index (κ1) is 24.3. The Morgan fingerprint density at radius 3 is 2.80 bits per heavy atom. The van der Waals surface area contributed by atoms with Crippen molar-refractivity contribution in [3.63, 3.8) is 0 Å². The summed E-state index contributed by atoms with van der Waals surface area (Å²) in [6, 6.07) is 8.26. The van der Waals surface area contributed by atoms with E-state index in [2.05, 4.69) is 58.4 Å². The minimum atomic E-state index is -0.0394. The average molecular weight is 527 g/mol. The van der Waals surface area contributed by atoms with Gasteiger partial charge in [0.15, 0.2) is 5.96 Å². The highest BCUT2D eigenvalue weighted by Gasteiger charge is 2.23.